The average molecular weight is 281 g/mol. The van der Waals surface area contributed by atoms with Crippen molar-refractivity contribution in [2.24, 2.45) is 5.73 Å². The van der Waals surface area contributed by atoms with Crippen LogP contribution >= 0.6 is 12.2 Å². The lowest BCUT2D eigenvalue weighted by molar-refractivity contribution is 0.605. The normalized spacial score (nSPS) is 11.3. The molecule has 0 spiro atoms. The van der Waals surface area contributed by atoms with Crippen LogP contribution in [-0.2, 0) is 10.0 Å². The zero-order valence-electron chi connectivity index (χ0n) is 9.33. The third kappa shape index (κ3) is 3.14. The van der Waals surface area contributed by atoms with Crippen molar-refractivity contribution in [3.8, 4) is 0 Å². The fourth-order valence-electron chi connectivity index (χ4n) is 1.54. The van der Waals surface area contributed by atoms with Crippen LogP contribution in [0.25, 0.3) is 10.9 Å². The summed E-state index contributed by atoms with van der Waals surface area (Å²) in [5, 5.41) is 0.855. The van der Waals surface area contributed by atoms with Gasteiger partial charge in [-0.05, 0) is 24.3 Å². The van der Waals surface area contributed by atoms with Crippen LogP contribution < -0.4 is 10.5 Å². The number of sulfonamides is 1. The van der Waals surface area contributed by atoms with Gasteiger partial charge in [0, 0.05) is 17.3 Å². The van der Waals surface area contributed by atoms with Gasteiger partial charge < -0.3 is 5.73 Å². The highest BCUT2D eigenvalue weighted by atomic mass is 32.2. The summed E-state index contributed by atoms with van der Waals surface area (Å²) in [5.74, 6) is -0.368. The van der Waals surface area contributed by atoms with Crippen molar-refractivity contribution >= 4 is 43.8 Å². The second kappa shape index (κ2) is 4.87. The summed E-state index contributed by atoms with van der Waals surface area (Å²) in [5.41, 5.74) is 6.49. The molecular formula is C11H11N3O2S2. The maximum Gasteiger partial charge on any atom is 0.239 e. The Hall–Kier alpha value is -1.73. The third-order valence-electron chi connectivity index (χ3n) is 2.21. The highest BCUT2D eigenvalue weighted by molar-refractivity contribution is 7.95. The van der Waals surface area contributed by atoms with Crippen molar-refractivity contribution in [3.63, 3.8) is 0 Å². The van der Waals surface area contributed by atoms with Gasteiger partial charge in [-0.3, -0.25) is 9.71 Å². The van der Waals surface area contributed by atoms with Crippen LogP contribution in [0.5, 0.6) is 0 Å². The Morgan fingerprint density at radius 1 is 1.39 bits per heavy atom. The van der Waals surface area contributed by atoms with E-state index in [2.05, 4.69) is 21.9 Å². The van der Waals surface area contributed by atoms with Crippen LogP contribution in [0.4, 0.5) is 5.69 Å². The standard InChI is InChI=1S/C11H11N3O2S2/c12-11(17)7-18(15,16)14-9-3-4-10-8(6-9)2-1-5-13-10/h1-6,14H,7H2,(H2,12,17). The van der Waals surface area contributed by atoms with E-state index in [1.165, 1.54) is 0 Å². The third-order valence-corrected chi connectivity index (χ3v) is 3.77. The zero-order valence-corrected chi connectivity index (χ0v) is 11.0. The fraction of sp³-hybridized carbons (Fsp3) is 0.0909. The van der Waals surface area contributed by atoms with E-state index in [4.69, 9.17) is 5.73 Å². The molecule has 0 atom stereocenters. The first kappa shape index (κ1) is 12.7. The molecule has 2 aromatic rings. The molecule has 0 radical (unpaired) electrons. The number of nitrogens with two attached hydrogens (primary N) is 1. The number of rotatable bonds is 4. The topological polar surface area (TPSA) is 85.1 Å². The summed E-state index contributed by atoms with van der Waals surface area (Å²) < 4.78 is 25.7. The molecule has 1 aromatic carbocycles. The van der Waals surface area contributed by atoms with E-state index in [-0.39, 0.29) is 10.7 Å². The molecule has 0 aliphatic carbocycles. The molecule has 0 saturated carbocycles. The Morgan fingerprint density at radius 3 is 2.89 bits per heavy atom. The first-order valence-electron chi connectivity index (χ1n) is 5.10. The van der Waals surface area contributed by atoms with E-state index in [1.807, 2.05) is 6.07 Å². The molecule has 0 amide bonds. The van der Waals surface area contributed by atoms with Gasteiger partial charge in [0.1, 0.15) is 5.75 Å². The predicted molar refractivity (Wildman–Crippen MR) is 75.9 cm³/mol. The molecule has 3 N–H and O–H groups in total. The number of thiocarbonyl (C=S) groups is 1. The second-order valence-electron chi connectivity index (χ2n) is 3.74. The first-order valence-corrected chi connectivity index (χ1v) is 7.16. The van der Waals surface area contributed by atoms with Crippen LogP contribution in [-0.4, -0.2) is 24.1 Å². The fourth-order valence-corrected chi connectivity index (χ4v) is 2.94. The minimum atomic E-state index is -3.54. The van der Waals surface area contributed by atoms with E-state index >= 15 is 0 Å². The summed E-state index contributed by atoms with van der Waals surface area (Å²) in [6.07, 6.45) is 1.68. The van der Waals surface area contributed by atoms with Gasteiger partial charge >= 0.3 is 0 Å². The van der Waals surface area contributed by atoms with E-state index < -0.39 is 10.0 Å². The molecule has 5 nitrogen and oxygen atoms in total. The van der Waals surface area contributed by atoms with Crippen LogP contribution in [0.2, 0.25) is 0 Å². The van der Waals surface area contributed by atoms with Crippen molar-refractivity contribution < 1.29 is 8.42 Å². The highest BCUT2D eigenvalue weighted by Crippen LogP contribution is 2.17. The number of nitrogens with one attached hydrogen (secondary N) is 1. The maximum atomic E-state index is 11.7. The Labute approximate surface area is 110 Å². The Kier molecular flexibility index (Phi) is 3.44. The number of fused-ring (bicyclic) bond motifs is 1. The molecule has 0 bridgehead atoms. The smallest absolute Gasteiger partial charge is 0.239 e. The molecule has 0 aliphatic heterocycles. The van der Waals surface area contributed by atoms with E-state index in [0.717, 1.165) is 10.9 Å². The van der Waals surface area contributed by atoms with Crippen LogP contribution in [0.15, 0.2) is 36.5 Å². The number of pyridine rings is 1. The second-order valence-corrected chi connectivity index (χ2v) is 5.99. The predicted octanol–water partition coefficient (Wildman–Crippen LogP) is 1.26. The molecule has 7 heteroatoms. The Bertz CT molecular complexity index is 698. The first-order chi connectivity index (χ1) is 8.46. The number of nitrogens with zero attached hydrogens (tertiary/aromatic N) is 1. The van der Waals surface area contributed by atoms with Gasteiger partial charge in [0.05, 0.1) is 10.5 Å². The lowest BCUT2D eigenvalue weighted by Crippen LogP contribution is -2.26. The molecule has 2 rings (SSSR count). The van der Waals surface area contributed by atoms with E-state index in [1.54, 1.807) is 30.5 Å². The van der Waals surface area contributed by atoms with Gasteiger partial charge in [0.25, 0.3) is 0 Å². The van der Waals surface area contributed by atoms with Crippen molar-refractivity contribution in [3.05, 3.63) is 36.5 Å². The Morgan fingerprint density at radius 2 is 2.17 bits per heavy atom. The summed E-state index contributed by atoms with van der Waals surface area (Å²) in [6, 6.07) is 8.74. The van der Waals surface area contributed by atoms with Gasteiger partial charge in [0.2, 0.25) is 10.0 Å². The lowest BCUT2D eigenvalue weighted by Gasteiger charge is -2.07. The molecule has 0 saturated heterocycles. The van der Waals surface area contributed by atoms with Crippen LogP contribution in [0, 0.1) is 0 Å². The molecule has 18 heavy (non-hydrogen) atoms. The zero-order chi connectivity index (χ0) is 13.2. The van der Waals surface area contributed by atoms with Crippen molar-refractivity contribution in [2.75, 3.05) is 10.5 Å². The minimum Gasteiger partial charge on any atom is -0.392 e. The quantitative estimate of drug-likeness (QED) is 0.824. The molecule has 0 unspecified atom stereocenters. The Balaban J connectivity index is 2.30. The monoisotopic (exact) mass is 281 g/mol. The molecule has 1 aromatic heterocycles. The van der Waals surface area contributed by atoms with Crippen LogP contribution in [0.1, 0.15) is 0 Å². The number of anilines is 1. The summed E-state index contributed by atoms with van der Waals surface area (Å²) in [4.78, 5) is 4.08. The molecule has 0 aliphatic rings. The molecule has 94 valence electrons. The lowest BCUT2D eigenvalue weighted by atomic mass is 10.2. The molecule has 1 heterocycles. The number of aromatic nitrogens is 1. The van der Waals surface area contributed by atoms with Gasteiger partial charge in [-0.2, -0.15) is 0 Å². The highest BCUT2D eigenvalue weighted by Gasteiger charge is 2.12. The van der Waals surface area contributed by atoms with Crippen molar-refractivity contribution in [1.29, 1.82) is 0 Å². The van der Waals surface area contributed by atoms with E-state index in [0.29, 0.717) is 5.69 Å². The summed E-state index contributed by atoms with van der Waals surface area (Å²) in [7, 11) is -3.54. The molecule has 0 fully saturated rings. The van der Waals surface area contributed by atoms with Crippen molar-refractivity contribution in [2.45, 2.75) is 0 Å². The minimum absolute atomic E-state index is 0.0649. The number of hydrogen-bond donors (Lipinski definition) is 2. The largest absolute Gasteiger partial charge is 0.392 e. The summed E-state index contributed by atoms with van der Waals surface area (Å²) in [6.45, 7) is 0. The van der Waals surface area contributed by atoms with E-state index in [9.17, 15) is 8.42 Å². The van der Waals surface area contributed by atoms with Gasteiger partial charge in [-0.25, -0.2) is 8.42 Å². The SMILES string of the molecule is NC(=S)CS(=O)(=O)Nc1ccc2ncccc2c1. The van der Waals surface area contributed by atoms with Crippen LogP contribution in [0.3, 0.4) is 0 Å². The number of hydrogen-bond acceptors (Lipinski definition) is 4. The number of benzene rings is 1. The van der Waals surface area contributed by atoms with Gasteiger partial charge in [-0.15, -0.1) is 0 Å². The van der Waals surface area contributed by atoms with Gasteiger partial charge in [-0.1, -0.05) is 18.3 Å². The maximum absolute atomic E-state index is 11.7. The average Bonchev–Trinajstić information content (AvgIpc) is 2.26. The van der Waals surface area contributed by atoms with Gasteiger partial charge in [0.15, 0.2) is 0 Å². The summed E-state index contributed by atoms with van der Waals surface area (Å²) >= 11 is 4.59. The molecular weight excluding hydrogens is 270 g/mol. The van der Waals surface area contributed by atoms with Crippen molar-refractivity contribution in [1.82, 2.24) is 4.98 Å².